The van der Waals surface area contributed by atoms with Crippen LogP contribution in [0.2, 0.25) is 0 Å². The van der Waals surface area contributed by atoms with Crippen LogP contribution in [0.1, 0.15) is 19.1 Å². The van der Waals surface area contributed by atoms with Crippen LogP contribution in [0.5, 0.6) is 0 Å². The Morgan fingerprint density at radius 1 is 1.24 bits per heavy atom. The summed E-state index contributed by atoms with van der Waals surface area (Å²) in [6, 6.07) is -1.10. The summed E-state index contributed by atoms with van der Waals surface area (Å²) in [7, 11) is 1.81. The Bertz CT molecular complexity index is 928. The lowest BCUT2D eigenvalue weighted by Gasteiger charge is -2.28. The molecule has 3 rings (SSSR count). The molecule has 3 heterocycles. The van der Waals surface area contributed by atoms with Crippen LogP contribution in [0, 0.1) is 0 Å². The van der Waals surface area contributed by atoms with E-state index in [1.807, 2.05) is 11.9 Å². The largest absolute Gasteiger partial charge is 0.480 e. The minimum Gasteiger partial charge on any atom is -0.480 e. The second-order valence-corrected chi connectivity index (χ2v) is 8.27. The second-order valence-electron chi connectivity index (χ2n) is 8.27. The Kier molecular flexibility index (Phi) is 8.47. The third-order valence-corrected chi connectivity index (χ3v) is 5.79. The van der Waals surface area contributed by atoms with Gasteiger partial charge in [0.25, 0.3) is 0 Å². The summed E-state index contributed by atoms with van der Waals surface area (Å²) < 4.78 is 7.52. The number of likely N-dealkylation sites (N-methyl/N-ethyl adjacent to an activating group) is 1. The van der Waals surface area contributed by atoms with E-state index in [9.17, 15) is 15.0 Å². The summed E-state index contributed by atoms with van der Waals surface area (Å²) in [5, 5.41) is 33.5. The van der Waals surface area contributed by atoms with Gasteiger partial charge in [-0.2, -0.15) is 0 Å². The highest BCUT2D eigenvalue weighted by atomic mass is 16.6. The number of ether oxygens (including phenoxy) is 1. The molecule has 1 aliphatic rings. The van der Waals surface area contributed by atoms with Crippen molar-refractivity contribution in [1.29, 1.82) is 0 Å². The Hall–Kier alpha value is -2.46. The van der Waals surface area contributed by atoms with Gasteiger partial charge in [-0.1, -0.05) is 0 Å². The molecule has 1 aliphatic heterocycles. The van der Waals surface area contributed by atoms with Crippen LogP contribution in [-0.4, -0.2) is 109 Å². The van der Waals surface area contributed by atoms with Crippen molar-refractivity contribution in [2.75, 3.05) is 39.0 Å². The lowest BCUT2D eigenvalue weighted by atomic mass is 10.1. The Morgan fingerprint density at radius 3 is 2.67 bits per heavy atom. The number of nitrogens with zero attached hydrogens (tertiary/aromatic N) is 5. The molecule has 0 aliphatic carbocycles. The number of anilines is 1. The summed E-state index contributed by atoms with van der Waals surface area (Å²) in [6.07, 6.45) is -0.534. The number of carbonyl (C=O) groups is 1. The maximum atomic E-state index is 11.1. The highest BCUT2D eigenvalue weighted by Gasteiger charge is 2.44. The number of fused-ring (bicyclic) bond motifs is 1. The standard InChI is InChI=1S/C19H33N9O5/c1-23-6-10(20)2-4-27(5-3-11(21)19(31)32)7-12-14(29)15(30)18(33-12)28-9-26-13-16(22)24-8-25-17(13)28/h8-12,14-15,18,23,29-30H,2-7,20-21H2,1H3,(H,31,32)(H2,22,24,25)/t10-,11-,12+,14+,15+,18+/m0/s1. The Morgan fingerprint density at radius 2 is 1.97 bits per heavy atom. The summed E-state index contributed by atoms with van der Waals surface area (Å²) in [6.45, 7) is 1.78. The smallest absolute Gasteiger partial charge is 0.320 e. The van der Waals surface area contributed by atoms with Crippen molar-refractivity contribution in [3.05, 3.63) is 12.7 Å². The van der Waals surface area contributed by atoms with E-state index in [4.69, 9.17) is 27.0 Å². The number of hydrogen-bond acceptors (Lipinski definition) is 12. The van der Waals surface area contributed by atoms with Gasteiger partial charge in [0.2, 0.25) is 0 Å². The molecular formula is C19H33N9O5. The van der Waals surface area contributed by atoms with E-state index in [-0.39, 0.29) is 24.8 Å². The zero-order chi connectivity index (χ0) is 24.1. The van der Waals surface area contributed by atoms with Crippen LogP contribution in [0.3, 0.4) is 0 Å². The van der Waals surface area contributed by atoms with Crippen molar-refractivity contribution in [2.45, 2.75) is 49.5 Å². The maximum absolute atomic E-state index is 11.1. The molecule has 2 aromatic rings. The van der Waals surface area contributed by atoms with Crippen LogP contribution < -0.4 is 22.5 Å². The SMILES string of the molecule is CNC[C@@H](N)CCN(CC[C@H](N)C(=O)O)C[C@H]1O[C@@H](n2cnc3c(N)ncnc32)[C@H](O)[C@@H]1O. The first-order valence-electron chi connectivity index (χ1n) is 10.8. The van der Waals surface area contributed by atoms with E-state index >= 15 is 0 Å². The average molecular weight is 468 g/mol. The van der Waals surface area contributed by atoms with Gasteiger partial charge in [0.05, 0.1) is 6.33 Å². The molecule has 1 fully saturated rings. The summed E-state index contributed by atoms with van der Waals surface area (Å²) >= 11 is 0. The van der Waals surface area contributed by atoms with E-state index < -0.39 is 36.6 Å². The van der Waals surface area contributed by atoms with E-state index in [1.54, 1.807) is 0 Å². The second kappa shape index (κ2) is 11.1. The van der Waals surface area contributed by atoms with Crippen molar-refractivity contribution in [1.82, 2.24) is 29.7 Å². The fraction of sp³-hybridized carbons (Fsp3) is 0.684. The van der Waals surface area contributed by atoms with Gasteiger partial charge in [0.1, 0.15) is 36.2 Å². The molecule has 184 valence electrons. The molecule has 0 saturated carbocycles. The van der Waals surface area contributed by atoms with Gasteiger partial charge >= 0.3 is 5.97 Å². The lowest BCUT2D eigenvalue weighted by molar-refractivity contribution is -0.138. The molecular weight excluding hydrogens is 434 g/mol. The highest BCUT2D eigenvalue weighted by Crippen LogP contribution is 2.32. The number of hydrogen-bond donors (Lipinski definition) is 7. The number of rotatable bonds is 12. The number of nitrogen functional groups attached to an aromatic ring is 1. The van der Waals surface area contributed by atoms with Crippen LogP contribution >= 0.6 is 0 Å². The van der Waals surface area contributed by atoms with Crippen molar-refractivity contribution in [3.8, 4) is 0 Å². The molecule has 6 atom stereocenters. The van der Waals surface area contributed by atoms with Crippen molar-refractivity contribution < 1.29 is 24.9 Å². The monoisotopic (exact) mass is 467 g/mol. The minimum absolute atomic E-state index is 0.0964. The van der Waals surface area contributed by atoms with Gasteiger partial charge in [0.15, 0.2) is 17.7 Å². The van der Waals surface area contributed by atoms with Crippen LogP contribution in [-0.2, 0) is 9.53 Å². The van der Waals surface area contributed by atoms with E-state index in [0.717, 1.165) is 0 Å². The number of imidazole rings is 1. The molecule has 1 saturated heterocycles. The van der Waals surface area contributed by atoms with E-state index in [0.29, 0.717) is 37.2 Å². The molecule has 33 heavy (non-hydrogen) atoms. The summed E-state index contributed by atoms with van der Waals surface area (Å²) in [4.78, 5) is 25.3. The van der Waals surface area contributed by atoms with Gasteiger partial charge in [0, 0.05) is 25.7 Å². The number of aromatic nitrogens is 4. The molecule has 0 spiro atoms. The molecule has 0 radical (unpaired) electrons. The zero-order valence-electron chi connectivity index (χ0n) is 18.5. The number of carboxylic acids is 1. The molecule has 0 amide bonds. The number of aliphatic hydroxyl groups excluding tert-OH is 2. The Balaban J connectivity index is 1.71. The van der Waals surface area contributed by atoms with Gasteiger partial charge in [-0.15, -0.1) is 0 Å². The van der Waals surface area contributed by atoms with E-state index in [1.165, 1.54) is 17.2 Å². The normalized spacial score (nSPS) is 25.0. The maximum Gasteiger partial charge on any atom is 0.320 e. The van der Waals surface area contributed by atoms with Gasteiger partial charge in [-0.05, 0) is 26.4 Å². The number of aliphatic carboxylic acids is 1. The quantitative estimate of drug-likeness (QED) is 0.166. The molecule has 0 unspecified atom stereocenters. The zero-order valence-corrected chi connectivity index (χ0v) is 18.5. The van der Waals surface area contributed by atoms with Gasteiger partial charge in [-0.25, -0.2) is 15.0 Å². The molecule has 0 bridgehead atoms. The average Bonchev–Trinajstić information content (AvgIpc) is 3.32. The van der Waals surface area contributed by atoms with Gasteiger partial charge < -0.3 is 47.5 Å². The predicted octanol–water partition coefficient (Wildman–Crippen LogP) is -2.93. The van der Waals surface area contributed by atoms with Gasteiger partial charge in [-0.3, -0.25) is 9.36 Å². The fourth-order valence-electron chi connectivity index (χ4n) is 3.87. The summed E-state index contributed by atoms with van der Waals surface area (Å²) in [5.41, 5.74) is 18.3. The molecule has 2 aromatic heterocycles. The predicted molar refractivity (Wildman–Crippen MR) is 119 cm³/mol. The van der Waals surface area contributed by atoms with Crippen LogP contribution in [0.25, 0.3) is 11.2 Å². The fourth-order valence-corrected chi connectivity index (χ4v) is 3.87. The molecule has 10 N–H and O–H groups in total. The third-order valence-electron chi connectivity index (χ3n) is 5.79. The van der Waals surface area contributed by atoms with E-state index in [2.05, 4.69) is 20.3 Å². The summed E-state index contributed by atoms with van der Waals surface area (Å²) in [5.74, 6) is -0.884. The first kappa shape index (κ1) is 25.2. The van der Waals surface area contributed by atoms with Crippen molar-refractivity contribution in [3.63, 3.8) is 0 Å². The van der Waals surface area contributed by atoms with Crippen LogP contribution in [0.15, 0.2) is 12.7 Å². The molecule has 14 nitrogen and oxygen atoms in total. The number of aliphatic hydroxyl groups is 2. The number of carboxylic acid groups (broad SMARTS) is 1. The van der Waals surface area contributed by atoms with Crippen LogP contribution in [0.4, 0.5) is 5.82 Å². The third kappa shape index (κ3) is 5.92. The van der Waals surface area contributed by atoms with Crippen molar-refractivity contribution >= 4 is 23.0 Å². The minimum atomic E-state index is -1.24. The molecule has 0 aromatic carbocycles. The number of nitrogens with one attached hydrogen (secondary N) is 1. The first-order chi connectivity index (χ1) is 15.7. The first-order valence-corrected chi connectivity index (χ1v) is 10.8. The lowest BCUT2D eigenvalue weighted by Crippen LogP contribution is -2.44. The molecule has 14 heteroatoms. The van der Waals surface area contributed by atoms with Crippen molar-refractivity contribution in [2.24, 2.45) is 11.5 Å². The highest BCUT2D eigenvalue weighted by molar-refractivity contribution is 5.81. The topological polar surface area (TPSA) is 224 Å². The number of nitrogens with two attached hydrogens (primary N) is 3. The Labute approximate surface area is 190 Å².